The van der Waals surface area contributed by atoms with Gasteiger partial charge in [0.1, 0.15) is 0 Å². The molecule has 0 bridgehead atoms. The van der Waals surface area contributed by atoms with E-state index < -0.39 is 53.8 Å². The molecule has 0 aliphatic heterocycles. The van der Waals surface area contributed by atoms with Crippen molar-refractivity contribution in [3.8, 4) is 11.1 Å². The van der Waals surface area contributed by atoms with Crippen LogP contribution in [0, 0.1) is 0 Å². The van der Waals surface area contributed by atoms with Crippen LogP contribution >= 0.6 is 0 Å². The van der Waals surface area contributed by atoms with Crippen LogP contribution in [0.4, 0.5) is 0 Å². The minimum Gasteiger partial charge on any atom is -0.0622 e. The molecule has 0 heterocycles. The Balaban J connectivity index is 3.15. The predicted molar refractivity (Wildman–Crippen MR) is 70.6 cm³/mol. The molecule has 0 nitrogen and oxygen atoms in total. The Morgan fingerprint density at radius 3 is 2.00 bits per heavy atom. The smallest absolute Gasteiger partial charge is 0.0622 e. The van der Waals surface area contributed by atoms with Crippen LogP contribution in [0.1, 0.15) is 38.7 Å². The molecular weight excluding hydrogens is 192 g/mol. The lowest BCUT2D eigenvalue weighted by Gasteiger charge is -2.23. The van der Waals surface area contributed by atoms with Gasteiger partial charge in [-0.3, -0.25) is 0 Å². The molecule has 0 heteroatoms. The van der Waals surface area contributed by atoms with E-state index in [2.05, 4.69) is 0 Å². The summed E-state index contributed by atoms with van der Waals surface area (Å²) in [6.07, 6.45) is 0. The monoisotopic (exact) mass is 219 g/mol. The quantitative estimate of drug-likeness (QED) is 0.655. The lowest BCUT2D eigenvalue weighted by atomic mass is 9.82. The first-order chi connectivity index (χ1) is 11.3. The van der Waals surface area contributed by atoms with Crippen molar-refractivity contribution in [1.82, 2.24) is 0 Å². The highest BCUT2D eigenvalue weighted by molar-refractivity contribution is 5.68. The average molecular weight is 219 g/mol. The minimum atomic E-state index is -0.728. The van der Waals surface area contributed by atoms with Gasteiger partial charge in [0.2, 0.25) is 0 Å². The first-order valence-electron chi connectivity index (χ1n) is 9.50. The molecule has 0 aliphatic rings. The standard InChI is InChI=1S/C16H18/c1-16(2,3)15-12-8-7-11-14(15)13-9-5-4-6-10-13/h4-12H,1-3H3/i4D,5D,6D,7D,8D,9D,10D,11D,12D. The average Bonchev–Trinajstić information content (AvgIpc) is 2.52. The second-order valence-electron chi connectivity index (χ2n) is 4.50. The summed E-state index contributed by atoms with van der Waals surface area (Å²) in [5, 5.41) is 0. The Kier molecular flexibility index (Phi) is 1.13. The summed E-state index contributed by atoms with van der Waals surface area (Å²) in [5.74, 6) is 0. The van der Waals surface area contributed by atoms with E-state index in [0.29, 0.717) is 0 Å². The second kappa shape index (κ2) is 4.13. The molecule has 16 heavy (non-hydrogen) atoms. The number of benzene rings is 2. The van der Waals surface area contributed by atoms with Gasteiger partial charge in [-0.1, -0.05) is 75.2 Å². The Hall–Kier alpha value is -1.56. The molecule has 0 aromatic heterocycles. The molecule has 0 radical (unpaired) electrons. The van der Waals surface area contributed by atoms with Crippen LogP contribution in [0.15, 0.2) is 54.4 Å². The van der Waals surface area contributed by atoms with Crippen LogP contribution in [0.5, 0.6) is 0 Å². The summed E-state index contributed by atoms with van der Waals surface area (Å²) in [5.41, 5.74) is -0.760. The third kappa shape index (κ3) is 2.16. The van der Waals surface area contributed by atoms with Gasteiger partial charge in [-0.15, -0.1) is 0 Å². The van der Waals surface area contributed by atoms with Crippen molar-refractivity contribution in [1.29, 1.82) is 0 Å². The van der Waals surface area contributed by atoms with E-state index in [1.165, 1.54) is 0 Å². The Morgan fingerprint density at radius 2 is 1.38 bits per heavy atom. The lowest BCUT2D eigenvalue weighted by molar-refractivity contribution is 0.592. The van der Waals surface area contributed by atoms with Crippen molar-refractivity contribution in [3.63, 3.8) is 0 Å². The molecule has 0 N–H and O–H groups in total. The second-order valence-corrected chi connectivity index (χ2v) is 4.50. The minimum absolute atomic E-state index is 0.0458. The molecule has 0 fully saturated rings. The molecule has 2 aromatic carbocycles. The fourth-order valence-electron chi connectivity index (χ4n) is 1.44. The van der Waals surface area contributed by atoms with Crippen molar-refractivity contribution < 1.29 is 12.3 Å². The van der Waals surface area contributed by atoms with Crippen LogP contribution in [0.25, 0.3) is 11.1 Å². The highest BCUT2D eigenvalue weighted by atomic mass is 14.2. The zero-order valence-corrected chi connectivity index (χ0v) is 9.50. The lowest BCUT2D eigenvalue weighted by Crippen LogP contribution is -2.12. The maximum atomic E-state index is 8.25. The predicted octanol–water partition coefficient (Wildman–Crippen LogP) is 4.65. The molecule has 0 saturated carbocycles. The first-order valence-corrected chi connectivity index (χ1v) is 5.00. The SMILES string of the molecule is [2H]c1c([2H])c([2H])c(-c2c([2H])c([2H])c([2H])c([2H])c2C(C)(C)C)c([2H])c1[2H]. The van der Waals surface area contributed by atoms with Crippen LogP contribution < -0.4 is 0 Å². The summed E-state index contributed by atoms with van der Waals surface area (Å²) in [4.78, 5) is 0. The topological polar surface area (TPSA) is 0 Å². The summed E-state index contributed by atoms with van der Waals surface area (Å²) < 4.78 is 71.9. The summed E-state index contributed by atoms with van der Waals surface area (Å²) in [7, 11) is 0. The normalized spacial score (nSPS) is 19.3. The van der Waals surface area contributed by atoms with Crippen LogP contribution in [0.2, 0.25) is 0 Å². The molecule has 0 amide bonds. The van der Waals surface area contributed by atoms with E-state index >= 15 is 0 Å². The van der Waals surface area contributed by atoms with Crippen LogP contribution in [-0.2, 0) is 5.41 Å². The Morgan fingerprint density at radius 1 is 0.812 bits per heavy atom. The van der Waals surface area contributed by atoms with Crippen molar-refractivity contribution >= 4 is 0 Å². The highest BCUT2D eigenvalue weighted by Crippen LogP contribution is 2.32. The summed E-state index contributed by atoms with van der Waals surface area (Å²) in [6, 6.07) is -4.18. The number of hydrogen-bond donors (Lipinski definition) is 0. The van der Waals surface area contributed by atoms with Gasteiger partial charge in [0.05, 0.1) is 12.3 Å². The van der Waals surface area contributed by atoms with Crippen LogP contribution in [-0.4, -0.2) is 0 Å². The molecule has 2 rings (SSSR count). The molecule has 2 aromatic rings. The van der Waals surface area contributed by atoms with Gasteiger partial charge in [0, 0.05) is 0 Å². The molecule has 0 unspecified atom stereocenters. The van der Waals surface area contributed by atoms with E-state index in [1.54, 1.807) is 20.8 Å². The van der Waals surface area contributed by atoms with Crippen molar-refractivity contribution in [2.75, 3.05) is 0 Å². The number of hydrogen-bond acceptors (Lipinski definition) is 0. The molecule has 0 aliphatic carbocycles. The molecule has 0 atom stereocenters. The van der Waals surface area contributed by atoms with E-state index in [4.69, 9.17) is 12.3 Å². The zero-order chi connectivity index (χ0) is 19.4. The highest BCUT2D eigenvalue weighted by Gasteiger charge is 2.17. The van der Waals surface area contributed by atoms with Gasteiger partial charge >= 0.3 is 0 Å². The summed E-state index contributed by atoms with van der Waals surface area (Å²) >= 11 is 0. The van der Waals surface area contributed by atoms with Crippen molar-refractivity contribution in [3.05, 3.63) is 59.9 Å². The Labute approximate surface area is 111 Å². The number of rotatable bonds is 1. The van der Waals surface area contributed by atoms with Gasteiger partial charge in [-0.25, -0.2) is 0 Å². The maximum absolute atomic E-state index is 8.25. The van der Waals surface area contributed by atoms with Crippen molar-refractivity contribution in [2.24, 2.45) is 0 Å². The van der Waals surface area contributed by atoms with E-state index in [0.717, 1.165) is 0 Å². The fourth-order valence-corrected chi connectivity index (χ4v) is 1.44. The maximum Gasteiger partial charge on any atom is 0.0629 e. The molecule has 0 saturated heterocycles. The van der Waals surface area contributed by atoms with Gasteiger partial charge in [-0.2, -0.15) is 0 Å². The molecular formula is C16H18. The van der Waals surface area contributed by atoms with Gasteiger partial charge < -0.3 is 0 Å². The zero-order valence-electron chi connectivity index (χ0n) is 18.5. The van der Waals surface area contributed by atoms with Gasteiger partial charge in [0.25, 0.3) is 0 Å². The van der Waals surface area contributed by atoms with E-state index in [9.17, 15) is 0 Å². The largest absolute Gasteiger partial charge is 0.0629 e. The Bertz CT molecular complexity index is 850. The van der Waals surface area contributed by atoms with E-state index in [-0.39, 0.29) is 22.7 Å². The summed E-state index contributed by atoms with van der Waals surface area (Å²) in [6.45, 7) is 5.26. The van der Waals surface area contributed by atoms with Crippen LogP contribution in [0.3, 0.4) is 0 Å². The van der Waals surface area contributed by atoms with Gasteiger partial charge in [0.15, 0.2) is 0 Å². The molecule has 82 valence electrons. The van der Waals surface area contributed by atoms with E-state index in [1.807, 2.05) is 0 Å². The third-order valence-corrected chi connectivity index (χ3v) is 2.19. The third-order valence-electron chi connectivity index (χ3n) is 2.19. The molecule has 0 spiro atoms. The fraction of sp³-hybridized carbons (Fsp3) is 0.250. The van der Waals surface area contributed by atoms with Gasteiger partial charge in [-0.05, 0) is 22.1 Å². The first kappa shape index (κ1) is 4.37. The van der Waals surface area contributed by atoms with Crippen molar-refractivity contribution in [2.45, 2.75) is 26.2 Å².